The van der Waals surface area contributed by atoms with Crippen molar-refractivity contribution in [2.75, 3.05) is 46.8 Å². The smallest absolute Gasteiger partial charge is 0.193 e. The molecule has 4 nitrogen and oxygen atoms in total. The topological polar surface area (TPSA) is 30.9 Å². The van der Waals surface area contributed by atoms with E-state index in [2.05, 4.69) is 33.7 Å². The normalized spacial score (nSPS) is 16.4. The number of guanidine groups is 1. The largest absolute Gasteiger partial charge is 0.356 e. The molecule has 4 heteroatoms. The number of nitrogens with zero attached hydrogens (tertiary/aromatic N) is 3. The second-order valence-corrected chi connectivity index (χ2v) is 5.58. The summed E-state index contributed by atoms with van der Waals surface area (Å²) in [5.41, 5.74) is 0. The molecule has 1 fully saturated rings. The summed E-state index contributed by atoms with van der Waals surface area (Å²) < 4.78 is 0. The standard InChI is InChI=1S/C16H32N4/c1-4-5-7-12-19(3)16(17-2)18-11-6-8-13-20-14-9-10-15-20/h4H,1,5-15H2,2-3H3,(H,17,18). The molecule has 1 saturated heterocycles. The third-order valence-electron chi connectivity index (χ3n) is 3.86. The van der Waals surface area contributed by atoms with E-state index in [0.717, 1.165) is 31.9 Å². The van der Waals surface area contributed by atoms with E-state index in [1.54, 1.807) is 0 Å². The average Bonchev–Trinajstić information content (AvgIpc) is 2.96. The van der Waals surface area contributed by atoms with Crippen molar-refractivity contribution in [3.05, 3.63) is 12.7 Å². The third kappa shape index (κ3) is 6.94. The highest BCUT2D eigenvalue weighted by atomic mass is 15.3. The average molecular weight is 280 g/mol. The van der Waals surface area contributed by atoms with Gasteiger partial charge in [-0.2, -0.15) is 0 Å². The zero-order valence-corrected chi connectivity index (χ0v) is 13.4. The number of likely N-dealkylation sites (tertiary alicyclic amines) is 1. The first-order chi connectivity index (χ1) is 9.77. The molecule has 0 atom stereocenters. The highest BCUT2D eigenvalue weighted by Gasteiger charge is 2.10. The van der Waals surface area contributed by atoms with E-state index >= 15 is 0 Å². The third-order valence-corrected chi connectivity index (χ3v) is 3.86. The van der Waals surface area contributed by atoms with Crippen LogP contribution in [0, 0.1) is 0 Å². The van der Waals surface area contributed by atoms with Gasteiger partial charge in [-0.05, 0) is 58.2 Å². The van der Waals surface area contributed by atoms with Gasteiger partial charge in [-0.25, -0.2) is 0 Å². The summed E-state index contributed by atoms with van der Waals surface area (Å²) in [5, 5.41) is 3.45. The molecule has 1 N–H and O–H groups in total. The highest BCUT2D eigenvalue weighted by molar-refractivity contribution is 5.79. The predicted octanol–water partition coefficient (Wildman–Crippen LogP) is 2.34. The number of rotatable bonds is 9. The van der Waals surface area contributed by atoms with Gasteiger partial charge in [0.15, 0.2) is 5.96 Å². The van der Waals surface area contributed by atoms with Gasteiger partial charge in [0.2, 0.25) is 0 Å². The van der Waals surface area contributed by atoms with Gasteiger partial charge in [-0.15, -0.1) is 6.58 Å². The fourth-order valence-corrected chi connectivity index (χ4v) is 2.63. The summed E-state index contributed by atoms with van der Waals surface area (Å²) in [4.78, 5) is 9.11. The van der Waals surface area contributed by atoms with Crippen molar-refractivity contribution in [3.8, 4) is 0 Å². The van der Waals surface area contributed by atoms with Gasteiger partial charge in [-0.1, -0.05) is 6.08 Å². The maximum Gasteiger partial charge on any atom is 0.193 e. The van der Waals surface area contributed by atoms with Crippen LogP contribution in [0.25, 0.3) is 0 Å². The van der Waals surface area contributed by atoms with Crippen LogP contribution in [0.15, 0.2) is 17.6 Å². The molecule has 0 amide bonds. The Labute approximate surface area is 124 Å². The van der Waals surface area contributed by atoms with Crippen LogP contribution >= 0.6 is 0 Å². The number of aliphatic imine (C=N–C) groups is 1. The zero-order chi connectivity index (χ0) is 14.6. The van der Waals surface area contributed by atoms with Crippen molar-refractivity contribution < 1.29 is 0 Å². The van der Waals surface area contributed by atoms with E-state index < -0.39 is 0 Å². The van der Waals surface area contributed by atoms with Crippen LogP contribution in [0.4, 0.5) is 0 Å². The lowest BCUT2D eigenvalue weighted by Gasteiger charge is -2.22. The van der Waals surface area contributed by atoms with Crippen LogP contribution in [0.5, 0.6) is 0 Å². The minimum Gasteiger partial charge on any atom is -0.356 e. The van der Waals surface area contributed by atoms with Crippen LogP contribution in [0.1, 0.15) is 38.5 Å². The molecule has 0 bridgehead atoms. The maximum absolute atomic E-state index is 4.34. The quantitative estimate of drug-likeness (QED) is 0.304. The Balaban J connectivity index is 2.06. The van der Waals surface area contributed by atoms with Crippen LogP contribution < -0.4 is 5.32 Å². The highest BCUT2D eigenvalue weighted by Crippen LogP contribution is 2.07. The van der Waals surface area contributed by atoms with E-state index in [4.69, 9.17) is 0 Å². The van der Waals surface area contributed by atoms with Crippen molar-refractivity contribution in [1.82, 2.24) is 15.1 Å². The van der Waals surface area contributed by atoms with Gasteiger partial charge < -0.3 is 15.1 Å². The maximum atomic E-state index is 4.34. The Morgan fingerprint density at radius 2 is 2.05 bits per heavy atom. The van der Waals surface area contributed by atoms with Gasteiger partial charge in [0.1, 0.15) is 0 Å². The van der Waals surface area contributed by atoms with Gasteiger partial charge in [-0.3, -0.25) is 4.99 Å². The summed E-state index contributed by atoms with van der Waals surface area (Å²) >= 11 is 0. The van der Waals surface area contributed by atoms with Gasteiger partial charge in [0.05, 0.1) is 0 Å². The predicted molar refractivity (Wildman–Crippen MR) is 88.3 cm³/mol. The molecular weight excluding hydrogens is 248 g/mol. The monoisotopic (exact) mass is 280 g/mol. The summed E-state index contributed by atoms with van der Waals surface area (Å²) in [6.07, 6.45) is 9.45. The second kappa shape index (κ2) is 10.7. The van der Waals surface area contributed by atoms with Crippen molar-refractivity contribution in [2.45, 2.75) is 38.5 Å². The molecule has 0 aliphatic carbocycles. The van der Waals surface area contributed by atoms with Gasteiger partial charge in [0, 0.05) is 27.2 Å². The molecule has 1 rings (SSSR count). The number of nitrogens with one attached hydrogen (secondary N) is 1. The molecule has 116 valence electrons. The van der Waals surface area contributed by atoms with Crippen LogP contribution in [-0.4, -0.2) is 62.6 Å². The molecule has 1 aliphatic heterocycles. The lowest BCUT2D eigenvalue weighted by molar-refractivity contribution is 0.330. The van der Waals surface area contributed by atoms with E-state index in [0.29, 0.717) is 0 Å². The van der Waals surface area contributed by atoms with Crippen molar-refractivity contribution in [1.29, 1.82) is 0 Å². The molecular formula is C16H32N4. The Bertz CT molecular complexity index is 282. The fraction of sp³-hybridized carbons (Fsp3) is 0.812. The first kappa shape index (κ1) is 17.0. The number of allylic oxidation sites excluding steroid dienone is 1. The van der Waals surface area contributed by atoms with Crippen LogP contribution in [0.3, 0.4) is 0 Å². The minimum absolute atomic E-state index is 1.01. The molecule has 0 saturated carbocycles. The molecule has 0 unspecified atom stereocenters. The molecule has 0 aromatic carbocycles. The van der Waals surface area contributed by atoms with Crippen molar-refractivity contribution >= 4 is 5.96 Å². The fourth-order valence-electron chi connectivity index (χ4n) is 2.63. The number of unbranched alkanes of at least 4 members (excludes halogenated alkanes) is 2. The van der Waals surface area contributed by atoms with Crippen molar-refractivity contribution in [2.24, 2.45) is 4.99 Å². The van der Waals surface area contributed by atoms with E-state index in [9.17, 15) is 0 Å². The Morgan fingerprint density at radius 3 is 2.70 bits per heavy atom. The SMILES string of the molecule is C=CCCCN(C)C(=NC)NCCCCN1CCCC1. The van der Waals surface area contributed by atoms with E-state index in [1.165, 1.54) is 45.3 Å². The van der Waals surface area contributed by atoms with Gasteiger partial charge >= 0.3 is 0 Å². The lowest BCUT2D eigenvalue weighted by Crippen LogP contribution is -2.39. The Kier molecular flexibility index (Phi) is 9.13. The summed E-state index contributed by atoms with van der Waals surface area (Å²) in [6.45, 7) is 9.68. The molecule has 0 aromatic rings. The summed E-state index contributed by atoms with van der Waals surface area (Å²) in [7, 11) is 3.96. The molecule has 0 radical (unpaired) electrons. The molecule has 0 spiro atoms. The molecule has 1 heterocycles. The van der Waals surface area contributed by atoms with Crippen LogP contribution in [0.2, 0.25) is 0 Å². The summed E-state index contributed by atoms with van der Waals surface area (Å²) in [5.74, 6) is 1.01. The first-order valence-electron chi connectivity index (χ1n) is 8.03. The Morgan fingerprint density at radius 1 is 1.30 bits per heavy atom. The van der Waals surface area contributed by atoms with Crippen molar-refractivity contribution in [3.63, 3.8) is 0 Å². The Hall–Kier alpha value is -1.03. The lowest BCUT2D eigenvalue weighted by atomic mass is 10.3. The molecule has 20 heavy (non-hydrogen) atoms. The molecule has 0 aromatic heterocycles. The minimum atomic E-state index is 1.01. The van der Waals surface area contributed by atoms with Crippen LogP contribution in [-0.2, 0) is 0 Å². The van der Waals surface area contributed by atoms with E-state index in [-0.39, 0.29) is 0 Å². The number of hydrogen-bond acceptors (Lipinski definition) is 2. The number of hydrogen-bond donors (Lipinski definition) is 1. The molecule has 1 aliphatic rings. The second-order valence-electron chi connectivity index (χ2n) is 5.58. The first-order valence-corrected chi connectivity index (χ1v) is 8.03. The van der Waals surface area contributed by atoms with Gasteiger partial charge in [0.25, 0.3) is 0 Å². The van der Waals surface area contributed by atoms with E-state index in [1.807, 2.05) is 13.1 Å². The zero-order valence-electron chi connectivity index (χ0n) is 13.4. The summed E-state index contributed by atoms with van der Waals surface area (Å²) in [6, 6.07) is 0.